The summed E-state index contributed by atoms with van der Waals surface area (Å²) in [5, 5.41) is 2.89. The number of unbranched alkanes of at least 4 members (excludes halogenated alkanes) is 3. The number of hydrogen-bond donors (Lipinski definition) is 1. The van der Waals surface area contributed by atoms with E-state index in [9.17, 15) is 9.59 Å². The van der Waals surface area contributed by atoms with E-state index in [0.717, 1.165) is 44.5 Å². The van der Waals surface area contributed by atoms with Crippen LogP contribution in [0, 0.1) is 11.8 Å². The van der Waals surface area contributed by atoms with Gasteiger partial charge in [-0.15, -0.1) is 0 Å². The summed E-state index contributed by atoms with van der Waals surface area (Å²) in [7, 11) is 3.30. The summed E-state index contributed by atoms with van der Waals surface area (Å²) in [6.45, 7) is 13.7. The van der Waals surface area contributed by atoms with Crippen molar-refractivity contribution in [3.05, 3.63) is 59.2 Å². The van der Waals surface area contributed by atoms with E-state index >= 15 is 0 Å². The molecule has 7 heteroatoms. The SMILES string of the molecule is CCCCNC(=O)C1=CC(=Nc2c(OC)cc(N(CC(CC)CCCC)CC(CC)CCCC)cc2OC)c2ccccc2C1=O. The Morgan fingerprint density at radius 1 is 0.826 bits per heavy atom. The van der Waals surface area contributed by atoms with E-state index in [1.54, 1.807) is 26.4 Å². The van der Waals surface area contributed by atoms with Crippen LogP contribution in [0.15, 0.2) is 53.0 Å². The number of ether oxygens (including phenoxy) is 2. The third kappa shape index (κ3) is 9.70. The van der Waals surface area contributed by atoms with Crippen LogP contribution in [-0.2, 0) is 4.79 Å². The molecule has 2 aromatic rings. The summed E-state index contributed by atoms with van der Waals surface area (Å²) in [6.07, 6.45) is 13.0. The maximum Gasteiger partial charge on any atom is 0.255 e. The summed E-state index contributed by atoms with van der Waals surface area (Å²) in [4.78, 5) is 34.0. The highest BCUT2D eigenvalue weighted by atomic mass is 16.5. The quantitative estimate of drug-likeness (QED) is 0.116. The van der Waals surface area contributed by atoms with Crippen molar-refractivity contribution in [1.29, 1.82) is 0 Å². The number of benzene rings is 2. The molecule has 0 saturated carbocycles. The summed E-state index contributed by atoms with van der Waals surface area (Å²) < 4.78 is 12.0. The number of aliphatic imine (C=N–C) groups is 1. The largest absolute Gasteiger partial charge is 0.494 e. The molecule has 1 N–H and O–H groups in total. The molecule has 2 atom stereocenters. The monoisotopic (exact) mass is 631 g/mol. The van der Waals surface area contributed by atoms with E-state index in [1.165, 1.54) is 38.5 Å². The molecule has 0 heterocycles. The maximum absolute atomic E-state index is 13.4. The first-order valence-electron chi connectivity index (χ1n) is 17.6. The van der Waals surface area contributed by atoms with Crippen molar-refractivity contribution in [2.24, 2.45) is 16.8 Å². The number of Topliss-reactive ketones (excluding diaryl/α,β-unsaturated/α-hetero) is 1. The van der Waals surface area contributed by atoms with Gasteiger partial charge >= 0.3 is 0 Å². The van der Waals surface area contributed by atoms with E-state index in [-0.39, 0.29) is 17.3 Å². The summed E-state index contributed by atoms with van der Waals surface area (Å²) in [5.41, 5.74) is 3.34. The Bertz CT molecular complexity index is 1310. The van der Waals surface area contributed by atoms with Gasteiger partial charge in [-0.2, -0.15) is 0 Å². The van der Waals surface area contributed by atoms with Crippen molar-refractivity contribution in [2.45, 2.75) is 98.8 Å². The van der Waals surface area contributed by atoms with Crippen LogP contribution in [0.1, 0.15) is 115 Å². The molecule has 1 aliphatic carbocycles. The lowest BCUT2D eigenvalue weighted by Gasteiger charge is -2.33. The predicted molar refractivity (Wildman–Crippen MR) is 191 cm³/mol. The molecule has 0 spiro atoms. The molecule has 1 aliphatic rings. The van der Waals surface area contributed by atoms with Crippen molar-refractivity contribution < 1.29 is 19.1 Å². The standard InChI is InChI=1S/C39H57N3O4/c1-8-13-18-28(11-4)26-42(27-29(12-5)19-14-9-2)30-23-35(45-6)37(36(24-30)46-7)41-34-25-33(39(44)40-22-15-10-3)38(43)32-21-17-16-20-31(32)34/h16-17,20-21,23-25,28-29H,8-15,18-19,22,26-27H2,1-7H3,(H,40,44). The first-order valence-corrected chi connectivity index (χ1v) is 17.6. The summed E-state index contributed by atoms with van der Waals surface area (Å²) in [5.74, 6) is 1.70. The minimum Gasteiger partial charge on any atom is -0.494 e. The minimum atomic E-state index is -0.382. The van der Waals surface area contributed by atoms with Crippen molar-refractivity contribution >= 4 is 28.8 Å². The highest BCUT2D eigenvalue weighted by Crippen LogP contribution is 2.43. The number of nitrogens with zero attached hydrogens (tertiary/aromatic N) is 2. The molecule has 0 radical (unpaired) electrons. The highest BCUT2D eigenvalue weighted by molar-refractivity contribution is 6.35. The van der Waals surface area contributed by atoms with Crippen LogP contribution in [0.3, 0.4) is 0 Å². The van der Waals surface area contributed by atoms with Gasteiger partial charge < -0.3 is 19.7 Å². The fraction of sp³-hybridized carbons (Fsp3) is 0.564. The minimum absolute atomic E-state index is 0.0876. The zero-order chi connectivity index (χ0) is 33.5. The average molecular weight is 632 g/mol. The molecule has 2 unspecified atom stereocenters. The zero-order valence-corrected chi connectivity index (χ0v) is 29.4. The van der Waals surface area contributed by atoms with Gasteiger partial charge in [-0.05, 0) is 37.2 Å². The second-order valence-corrected chi connectivity index (χ2v) is 12.5. The normalized spacial score (nSPS) is 14.8. The molecule has 0 fully saturated rings. The molecule has 1 amide bonds. The zero-order valence-electron chi connectivity index (χ0n) is 29.4. The Morgan fingerprint density at radius 3 is 1.87 bits per heavy atom. The number of methoxy groups -OCH3 is 2. The van der Waals surface area contributed by atoms with E-state index in [1.807, 2.05) is 18.2 Å². The van der Waals surface area contributed by atoms with Gasteiger partial charge in [-0.1, -0.05) is 104 Å². The van der Waals surface area contributed by atoms with Crippen LogP contribution >= 0.6 is 0 Å². The van der Waals surface area contributed by atoms with Gasteiger partial charge in [0.1, 0.15) is 17.2 Å². The third-order valence-corrected chi connectivity index (χ3v) is 9.14. The van der Waals surface area contributed by atoms with Gasteiger partial charge in [0.25, 0.3) is 5.91 Å². The van der Waals surface area contributed by atoms with Crippen LogP contribution in [0.2, 0.25) is 0 Å². The fourth-order valence-electron chi connectivity index (χ4n) is 6.10. The Kier molecular flexibility index (Phi) is 15.3. The molecular weight excluding hydrogens is 574 g/mol. The number of hydrogen-bond acceptors (Lipinski definition) is 6. The number of ketones is 1. The van der Waals surface area contributed by atoms with E-state index in [2.05, 4.69) is 57.0 Å². The molecule has 0 bridgehead atoms. The number of rotatable bonds is 20. The lowest BCUT2D eigenvalue weighted by molar-refractivity contribution is -0.117. The van der Waals surface area contributed by atoms with Crippen molar-refractivity contribution in [1.82, 2.24) is 5.32 Å². The highest BCUT2D eigenvalue weighted by Gasteiger charge is 2.29. The van der Waals surface area contributed by atoms with Crippen LogP contribution in [0.25, 0.3) is 0 Å². The van der Waals surface area contributed by atoms with Crippen LogP contribution in [-0.4, -0.2) is 51.3 Å². The molecule has 2 aromatic carbocycles. The molecule has 3 rings (SSSR count). The molecule has 7 nitrogen and oxygen atoms in total. The molecule has 252 valence electrons. The predicted octanol–water partition coefficient (Wildman–Crippen LogP) is 9.10. The van der Waals surface area contributed by atoms with Crippen LogP contribution in [0.4, 0.5) is 11.4 Å². The smallest absolute Gasteiger partial charge is 0.255 e. The lowest BCUT2D eigenvalue weighted by atomic mass is 9.88. The Labute approximate surface area is 277 Å². The van der Waals surface area contributed by atoms with Gasteiger partial charge in [-0.25, -0.2) is 4.99 Å². The fourth-order valence-corrected chi connectivity index (χ4v) is 6.10. The Morgan fingerprint density at radius 2 is 1.37 bits per heavy atom. The maximum atomic E-state index is 13.4. The first-order chi connectivity index (χ1) is 22.3. The van der Waals surface area contributed by atoms with Gasteiger partial charge in [0.15, 0.2) is 5.78 Å². The lowest BCUT2D eigenvalue weighted by Crippen LogP contribution is -2.34. The number of carbonyl (C=O) groups excluding carboxylic acids is 2. The number of nitrogens with one attached hydrogen (secondary N) is 1. The molecule has 0 aliphatic heterocycles. The number of carbonyl (C=O) groups is 2. The van der Waals surface area contributed by atoms with Crippen molar-refractivity contribution in [3.8, 4) is 11.5 Å². The summed E-state index contributed by atoms with van der Waals surface area (Å²) >= 11 is 0. The number of amides is 1. The van der Waals surface area contributed by atoms with Crippen LogP contribution in [0.5, 0.6) is 11.5 Å². The number of allylic oxidation sites excluding steroid dienone is 1. The van der Waals surface area contributed by atoms with Gasteiger partial charge in [-0.3, -0.25) is 9.59 Å². The average Bonchev–Trinajstić information content (AvgIpc) is 3.08. The molecule has 0 saturated heterocycles. The summed E-state index contributed by atoms with van der Waals surface area (Å²) in [6, 6.07) is 11.5. The van der Waals surface area contributed by atoms with E-state index in [0.29, 0.717) is 52.4 Å². The van der Waals surface area contributed by atoms with E-state index < -0.39 is 0 Å². The Hall–Kier alpha value is -3.61. The molecule has 0 aromatic heterocycles. The van der Waals surface area contributed by atoms with Gasteiger partial charge in [0, 0.05) is 48.6 Å². The molecule has 46 heavy (non-hydrogen) atoms. The van der Waals surface area contributed by atoms with Crippen molar-refractivity contribution in [2.75, 3.05) is 38.8 Å². The van der Waals surface area contributed by atoms with Crippen molar-refractivity contribution in [3.63, 3.8) is 0 Å². The third-order valence-electron chi connectivity index (χ3n) is 9.14. The topological polar surface area (TPSA) is 80.2 Å². The second kappa shape index (κ2) is 19.1. The first kappa shape index (κ1) is 36.9. The van der Waals surface area contributed by atoms with Gasteiger partial charge in [0.2, 0.25) is 0 Å². The Balaban J connectivity index is 2.12. The number of fused-ring (bicyclic) bond motifs is 1. The van der Waals surface area contributed by atoms with Crippen LogP contribution < -0.4 is 19.7 Å². The molecular formula is C39H57N3O4. The second-order valence-electron chi connectivity index (χ2n) is 12.5. The number of anilines is 1. The van der Waals surface area contributed by atoms with E-state index in [4.69, 9.17) is 14.5 Å². The van der Waals surface area contributed by atoms with Gasteiger partial charge in [0.05, 0.1) is 25.5 Å².